The average Bonchev–Trinajstić information content (AvgIpc) is 2.76. The summed E-state index contributed by atoms with van der Waals surface area (Å²) in [6, 6.07) is 18.5. The van der Waals surface area contributed by atoms with E-state index >= 15 is 0 Å². The Kier molecular flexibility index (Phi) is 6.40. The van der Waals surface area contributed by atoms with Gasteiger partial charge in [0.25, 0.3) is 5.91 Å². The number of carbonyl (C=O) groups excluding carboxylic acids is 1. The molecular weight excluding hydrogens is 402 g/mol. The highest BCUT2D eigenvalue weighted by molar-refractivity contribution is 7.89. The van der Waals surface area contributed by atoms with Gasteiger partial charge in [-0.2, -0.15) is 4.31 Å². The molecule has 0 unspecified atom stereocenters. The lowest BCUT2D eigenvalue weighted by Crippen LogP contribution is -2.46. The van der Waals surface area contributed by atoms with Crippen LogP contribution in [-0.4, -0.2) is 44.0 Å². The molecule has 0 fully saturated rings. The lowest BCUT2D eigenvalue weighted by atomic mass is 10.1. The van der Waals surface area contributed by atoms with Crippen LogP contribution in [0.15, 0.2) is 71.6 Å². The lowest BCUT2D eigenvalue weighted by Gasteiger charge is -2.28. The van der Waals surface area contributed by atoms with Gasteiger partial charge in [-0.15, -0.1) is 0 Å². The van der Waals surface area contributed by atoms with Gasteiger partial charge in [0.1, 0.15) is 6.04 Å². The number of anilines is 1. The van der Waals surface area contributed by atoms with Crippen molar-refractivity contribution >= 4 is 32.4 Å². The first-order valence-corrected chi connectivity index (χ1v) is 10.9. The third-order valence-corrected chi connectivity index (χ3v) is 7.00. The first kappa shape index (κ1) is 21.8. The van der Waals surface area contributed by atoms with Crippen molar-refractivity contribution in [3.8, 4) is 0 Å². The van der Waals surface area contributed by atoms with E-state index in [-0.39, 0.29) is 11.4 Å². The molecule has 0 heterocycles. The lowest BCUT2D eigenvalue weighted by molar-refractivity contribution is -0.132. The number of hydrogen-bond donors (Lipinski definition) is 2. The molecule has 0 aliphatic carbocycles. The van der Waals surface area contributed by atoms with E-state index in [0.717, 1.165) is 20.9 Å². The first-order chi connectivity index (χ1) is 14.3. The molecule has 158 valence electrons. The van der Waals surface area contributed by atoms with Crippen LogP contribution in [0.3, 0.4) is 0 Å². The van der Waals surface area contributed by atoms with Crippen LogP contribution in [0.1, 0.15) is 12.5 Å². The minimum Gasteiger partial charge on any atom is -0.377 e. The number of hydrogen-bond acceptors (Lipinski definition) is 5. The molecule has 0 saturated carbocycles. The highest BCUT2D eigenvalue weighted by Crippen LogP contribution is 2.32. The maximum absolute atomic E-state index is 13.7. The summed E-state index contributed by atoms with van der Waals surface area (Å²) in [7, 11) is -0.291. The van der Waals surface area contributed by atoms with E-state index in [1.165, 1.54) is 6.92 Å². The molecule has 0 radical (unpaired) electrons. The van der Waals surface area contributed by atoms with Crippen LogP contribution in [0.4, 0.5) is 5.69 Å². The molecule has 0 aliphatic heterocycles. The van der Waals surface area contributed by atoms with Gasteiger partial charge < -0.3 is 4.90 Å². The van der Waals surface area contributed by atoms with Crippen LogP contribution in [0.2, 0.25) is 0 Å². The van der Waals surface area contributed by atoms with Crippen molar-refractivity contribution in [2.75, 3.05) is 19.0 Å². The van der Waals surface area contributed by atoms with Gasteiger partial charge in [-0.05, 0) is 24.6 Å². The zero-order valence-corrected chi connectivity index (χ0v) is 17.9. The molecule has 3 rings (SSSR count). The number of rotatable bonds is 7. The number of fused-ring (bicyclic) bond motifs is 1. The minimum atomic E-state index is -4.08. The number of carbonyl (C=O) groups is 1. The molecule has 2 N–H and O–H groups in total. The molecule has 0 bridgehead atoms. The summed E-state index contributed by atoms with van der Waals surface area (Å²) in [5.74, 6) is -0.802. The van der Waals surface area contributed by atoms with Crippen LogP contribution >= 0.6 is 0 Å². The second kappa shape index (κ2) is 8.83. The van der Waals surface area contributed by atoms with Gasteiger partial charge in [-0.3, -0.25) is 10.0 Å². The Hall–Kier alpha value is -2.94. The van der Waals surface area contributed by atoms with Crippen LogP contribution in [0.25, 0.3) is 10.8 Å². The zero-order valence-electron chi connectivity index (χ0n) is 17.1. The number of nitrogens with zero attached hydrogens (tertiary/aromatic N) is 2. The molecule has 0 aliphatic rings. The Morgan fingerprint density at radius 2 is 1.60 bits per heavy atom. The number of sulfonamides is 1. The number of amides is 1. The quantitative estimate of drug-likeness (QED) is 0.447. The van der Waals surface area contributed by atoms with Gasteiger partial charge in [0, 0.05) is 37.1 Å². The predicted molar refractivity (Wildman–Crippen MR) is 117 cm³/mol. The van der Waals surface area contributed by atoms with Gasteiger partial charge in [-0.25, -0.2) is 13.9 Å². The fourth-order valence-corrected chi connectivity index (χ4v) is 5.21. The third kappa shape index (κ3) is 4.16. The first-order valence-electron chi connectivity index (χ1n) is 9.46. The Morgan fingerprint density at radius 3 is 2.23 bits per heavy atom. The average molecular weight is 428 g/mol. The topological polar surface area (TPSA) is 90.0 Å². The third-order valence-electron chi connectivity index (χ3n) is 5.03. The molecule has 30 heavy (non-hydrogen) atoms. The van der Waals surface area contributed by atoms with E-state index in [9.17, 15) is 13.2 Å². The molecule has 3 aromatic rings. The summed E-state index contributed by atoms with van der Waals surface area (Å²) in [6.07, 6.45) is 0. The molecule has 0 saturated heterocycles. The molecule has 1 amide bonds. The van der Waals surface area contributed by atoms with Crippen LogP contribution in [0.5, 0.6) is 0 Å². The fraction of sp³-hybridized carbons (Fsp3) is 0.227. The Balaban J connectivity index is 2.18. The molecule has 3 aromatic carbocycles. The molecular formula is C22H25N3O4S. The molecule has 1 atom stereocenters. The SMILES string of the molecule is C[C@@H](C(=O)NO)N(Cc1ccccc1)S(=O)(=O)c1cccc2c(N(C)C)cccc12. The number of hydroxylamine groups is 1. The van der Waals surface area contributed by atoms with Crippen molar-refractivity contribution in [2.45, 2.75) is 24.4 Å². The highest BCUT2D eigenvalue weighted by Gasteiger charge is 2.34. The Labute approximate surface area is 176 Å². The number of nitrogens with one attached hydrogen (secondary N) is 1. The van der Waals surface area contributed by atoms with Crippen molar-refractivity contribution < 1.29 is 18.4 Å². The summed E-state index contributed by atoms with van der Waals surface area (Å²) in [5, 5.41) is 10.5. The monoisotopic (exact) mass is 427 g/mol. The Bertz CT molecular complexity index is 1150. The zero-order chi connectivity index (χ0) is 21.9. The molecule has 7 nitrogen and oxygen atoms in total. The normalized spacial score (nSPS) is 12.7. The second-order valence-corrected chi connectivity index (χ2v) is 9.07. The maximum Gasteiger partial charge on any atom is 0.261 e. The Morgan fingerprint density at radius 1 is 0.967 bits per heavy atom. The minimum absolute atomic E-state index is 0.0124. The van der Waals surface area contributed by atoms with E-state index < -0.39 is 22.0 Å². The van der Waals surface area contributed by atoms with Crippen LogP contribution in [-0.2, 0) is 21.4 Å². The van der Waals surface area contributed by atoms with E-state index in [2.05, 4.69) is 0 Å². The van der Waals surface area contributed by atoms with E-state index in [1.807, 2.05) is 43.3 Å². The highest BCUT2D eigenvalue weighted by atomic mass is 32.2. The smallest absolute Gasteiger partial charge is 0.261 e. The summed E-state index contributed by atoms with van der Waals surface area (Å²) < 4.78 is 28.6. The van der Waals surface area contributed by atoms with Gasteiger partial charge in [0.15, 0.2) is 0 Å². The van der Waals surface area contributed by atoms with Gasteiger partial charge in [0.05, 0.1) is 4.90 Å². The predicted octanol–water partition coefficient (Wildman–Crippen LogP) is 2.99. The standard InChI is InChI=1S/C22H25N3O4S/c1-16(22(26)23-27)25(15-17-9-5-4-6-10-17)30(28,29)21-14-8-11-18-19(21)12-7-13-20(18)24(2)3/h4-14,16,27H,15H2,1-3H3,(H,23,26)/t16-/m0/s1. The van der Waals surface area contributed by atoms with Crippen molar-refractivity contribution in [3.63, 3.8) is 0 Å². The summed E-state index contributed by atoms with van der Waals surface area (Å²) in [4.78, 5) is 14.2. The summed E-state index contributed by atoms with van der Waals surface area (Å²) in [6.45, 7) is 1.43. The summed E-state index contributed by atoms with van der Waals surface area (Å²) >= 11 is 0. The van der Waals surface area contributed by atoms with Crippen molar-refractivity contribution in [1.82, 2.24) is 9.79 Å². The van der Waals surface area contributed by atoms with E-state index in [0.29, 0.717) is 5.39 Å². The van der Waals surface area contributed by atoms with Gasteiger partial charge in [0.2, 0.25) is 10.0 Å². The molecule has 8 heteroatoms. The molecule has 0 spiro atoms. The van der Waals surface area contributed by atoms with Crippen molar-refractivity contribution in [3.05, 3.63) is 72.3 Å². The van der Waals surface area contributed by atoms with Gasteiger partial charge in [-0.1, -0.05) is 54.6 Å². The van der Waals surface area contributed by atoms with E-state index in [4.69, 9.17) is 5.21 Å². The fourth-order valence-electron chi connectivity index (χ4n) is 3.42. The van der Waals surface area contributed by atoms with E-state index in [1.54, 1.807) is 47.9 Å². The van der Waals surface area contributed by atoms with Crippen LogP contribution in [0, 0.1) is 0 Å². The van der Waals surface area contributed by atoms with Crippen molar-refractivity contribution in [1.29, 1.82) is 0 Å². The van der Waals surface area contributed by atoms with Crippen molar-refractivity contribution in [2.24, 2.45) is 0 Å². The second-order valence-electron chi connectivity index (χ2n) is 7.21. The molecule has 0 aromatic heterocycles. The maximum atomic E-state index is 13.7. The van der Waals surface area contributed by atoms with Crippen LogP contribution < -0.4 is 10.4 Å². The van der Waals surface area contributed by atoms with Gasteiger partial charge >= 0.3 is 0 Å². The summed E-state index contributed by atoms with van der Waals surface area (Å²) in [5.41, 5.74) is 3.18. The number of benzene rings is 3. The largest absolute Gasteiger partial charge is 0.377 e.